The Labute approximate surface area is 109 Å². The second-order valence-electron chi connectivity index (χ2n) is 4.49. The van der Waals surface area contributed by atoms with Crippen molar-refractivity contribution in [3.8, 4) is 0 Å². The largest absolute Gasteiger partial charge is 0.354 e. The number of aryl methyl sites for hydroxylation is 1. The maximum atomic E-state index is 11.7. The molecule has 0 saturated carbocycles. The van der Waals surface area contributed by atoms with E-state index >= 15 is 0 Å². The molecule has 1 rings (SSSR count). The van der Waals surface area contributed by atoms with Gasteiger partial charge in [-0.2, -0.15) is 0 Å². The predicted molar refractivity (Wildman–Crippen MR) is 72.1 cm³/mol. The lowest BCUT2D eigenvalue weighted by Gasteiger charge is -2.12. The molecule has 0 aliphatic heterocycles. The fraction of sp³-hybridized carbons (Fsp3) is 0.692. The fourth-order valence-corrected chi connectivity index (χ4v) is 1.62. The summed E-state index contributed by atoms with van der Waals surface area (Å²) in [6, 6.07) is 0.251. The first-order valence-corrected chi connectivity index (χ1v) is 6.66. The van der Waals surface area contributed by atoms with E-state index in [1.165, 1.54) is 0 Å². The van der Waals surface area contributed by atoms with E-state index in [0.29, 0.717) is 13.0 Å². The van der Waals surface area contributed by atoms with E-state index in [-0.39, 0.29) is 11.9 Å². The summed E-state index contributed by atoms with van der Waals surface area (Å²) in [5.41, 5.74) is 1.12. The average molecular weight is 252 g/mol. The first-order chi connectivity index (χ1) is 8.67. The van der Waals surface area contributed by atoms with Gasteiger partial charge in [0, 0.05) is 31.7 Å². The molecule has 1 amide bonds. The van der Waals surface area contributed by atoms with Crippen molar-refractivity contribution in [2.24, 2.45) is 0 Å². The van der Waals surface area contributed by atoms with Crippen LogP contribution in [0, 0.1) is 0 Å². The molecule has 0 aliphatic rings. The van der Waals surface area contributed by atoms with Gasteiger partial charge in [-0.1, -0.05) is 13.8 Å². The second kappa shape index (κ2) is 7.87. The lowest BCUT2D eigenvalue weighted by Crippen LogP contribution is -2.32. The number of nitrogens with one attached hydrogen (secondary N) is 2. The number of aromatic nitrogens is 2. The van der Waals surface area contributed by atoms with Gasteiger partial charge in [-0.05, 0) is 19.9 Å². The Hall–Kier alpha value is -1.36. The van der Waals surface area contributed by atoms with Crippen molar-refractivity contribution in [3.63, 3.8) is 0 Å². The van der Waals surface area contributed by atoms with Crippen molar-refractivity contribution < 1.29 is 4.79 Å². The number of hydrogen-bond donors (Lipinski definition) is 2. The summed E-state index contributed by atoms with van der Waals surface area (Å²) < 4.78 is 2.03. The highest BCUT2D eigenvalue weighted by molar-refractivity contribution is 5.76. The van der Waals surface area contributed by atoms with Crippen LogP contribution in [0.3, 0.4) is 0 Å². The lowest BCUT2D eigenvalue weighted by molar-refractivity contribution is -0.121. The number of hydrogen-bond acceptors (Lipinski definition) is 3. The van der Waals surface area contributed by atoms with Gasteiger partial charge in [0.2, 0.25) is 5.91 Å². The van der Waals surface area contributed by atoms with E-state index in [4.69, 9.17) is 0 Å². The quantitative estimate of drug-likeness (QED) is 0.733. The SMILES string of the molecule is CCNCc1cncn1CCC(=O)NC(C)CC. The normalized spacial score (nSPS) is 12.4. The Balaban J connectivity index is 2.38. The highest BCUT2D eigenvalue weighted by Gasteiger charge is 2.07. The maximum Gasteiger partial charge on any atom is 0.221 e. The third-order valence-corrected chi connectivity index (χ3v) is 2.95. The van der Waals surface area contributed by atoms with Crippen LogP contribution in [-0.2, 0) is 17.9 Å². The predicted octanol–water partition coefficient (Wildman–Crippen LogP) is 1.30. The van der Waals surface area contributed by atoms with Gasteiger partial charge in [-0.3, -0.25) is 4.79 Å². The van der Waals surface area contributed by atoms with Crippen LogP contribution >= 0.6 is 0 Å². The third-order valence-electron chi connectivity index (χ3n) is 2.95. The first-order valence-electron chi connectivity index (χ1n) is 6.66. The van der Waals surface area contributed by atoms with Crippen molar-refractivity contribution in [2.75, 3.05) is 6.54 Å². The summed E-state index contributed by atoms with van der Waals surface area (Å²) in [7, 11) is 0. The van der Waals surface area contributed by atoms with Gasteiger partial charge < -0.3 is 15.2 Å². The monoisotopic (exact) mass is 252 g/mol. The summed E-state index contributed by atoms with van der Waals surface area (Å²) in [6.45, 7) is 8.56. The summed E-state index contributed by atoms with van der Waals surface area (Å²) >= 11 is 0. The third kappa shape index (κ3) is 4.87. The molecule has 102 valence electrons. The zero-order chi connectivity index (χ0) is 13.4. The van der Waals surface area contributed by atoms with Crippen LogP contribution < -0.4 is 10.6 Å². The van der Waals surface area contributed by atoms with E-state index in [9.17, 15) is 4.79 Å². The molecule has 1 unspecified atom stereocenters. The molecule has 1 heterocycles. The molecule has 0 aliphatic carbocycles. The summed E-state index contributed by atoms with van der Waals surface area (Å²) in [4.78, 5) is 15.8. The molecule has 0 aromatic carbocycles. The van der Waals surface area contributed by atoms with E-state index in [1.807, 2.05) is 17.7 Å². The molecular formula is C13H24N4O. The summed E-state index contributed by atoms with van der Waals surface area (Å²) in [5.74, 6) is 0.104. The molecule has 0 spiro atoms. The highest BCUT2D eigenvalue weighted by atomic mass is 16.1. The van der Waals surface area contributed by atoms with Crippen molar-refractivity contribution in [3.05, 3.63) is 18.2 Å². The molecule has 0 radical (unpaired) electrons. The number of imidazole rings is 1. The van der Waals surface area contributed by atoms with Gasteiger partial charge >= 0.3 is 0 Å². The Bertz CT molecular complexity index is 362. The minimum atomic E-state index is 0.104. The second-order valence-corrected chi connectivity index (χ2v) is 4.49. The van der Waals surface area contributed by atoms with Crippen molar-refractivity contribution in [1.82, 2.24) is 20.2 Å². The van der Waals surface area contributed by atoms with Crippen LogP contribution in [0.25, 0.3) is 0 Å². The molecular weight excluding hydrogens is 228 g/mol. The maximum absolute atomic E-state index is 11.7. The van der Waals surface area contributed by atoms with Crippen LogP contribution in [0.15, 0.2) is 12.5 Å². The van der Waals surface area contributed by atoms with Gasteiger partial charge in [0.15, 0.2) is 0 Å². The van der Waals surface area contributed by atoms with Gasteiger partial charge in [0.1, 0.15) is 0 Å². The van der Waals surface area contributed by atoms with Gasteiger partial charge in [-0.15, -0.1) is 0 Å². The van der Waals surface area contributed by atoms with Crippen molar-refractivity contribution >= 4 is 5.91 Å². The average Bonchev–Trinajstić information content (AvgIpc) is 2.81. The van der Waals surface area contributed by atoms with Crippen molar-refractivity contribution in [1.29, 1.82) is 0 Å². The minimum Gasteiger partial charge on any atom is -0.354 e. The van der Waals surface area contributed by atoms with E-state index in [2.05, 4.69) is 29.5 Å². The fourth-order valence-electron chi connectivity index (χ4n) is 1.62. The number of rotatable bonds is 8. The Morgan fingerprint density at radius 2 is 2.28 bits per heavy atom. The lowest BCUT2D eigenvalue weighted by atomic mass is 10.2. The Kier molecular flexibility index (Phi) is 6.43. The van der Waals surface area contributed by atoms with Gasteiger partial charge in [0.25, 0.3) is 0 Å². The van der Waals surface area contributed by atoms with E-state index in [0.717, 1.165) is 25.2 Å². The van der Waals surface area contributed by atoms with Crippen LogP contribution in [0.2, 0.25) is 0 Å². The molecule has 0 fully saturated rings. The zero-order valence-electron chi connectivity index (χ0n) is 11.6. The zero-order valence-corrected chi connectivity index (χ0v) is 11.6. The molecule has 0 saturated heterocycles. The minimum absolute atomic E-state index is 0.104. The van der Waals surface area contributed by atoms with Gasteiger partial charge in [-0.25, -0.2) is 4.98 Å². The molecule has 1 aromatic rings. The number of carbonyl (C=O) groups excluding carboxylic acids is 1. The number of carbonyl (C=O) groups is 1. The Morgan fingerprint density at radius 1 is 1.50 bits per heavy atom. The topological polar surface area (TPSA) is 59.0 Å². The van der Waals surface area contributed by atoms with Gasteiger partial charge in [0.05, 0.1) is 12.0 Å². The molecule has 2 N–H and O–H groups in total. The van der Waals surface area contributed by atoms with Crippen molar-refractivity contribution in [2.45, 2.75) is 52.7 Å². The standard InChI is InChI=1S/C13H24N4O/c1-4-11(3)16-13(18)6-7-17-10-15-9-12(17)8-14-5-2/h9-11,14H,4-8H2,1-3H3,(H,16,18). The molecule has 18 heavy (non-hydrogen) atoms. The van der Waals surface area contributed by atoms with Crippen LogP contribution in [0.5, 0.6) is 0 Å². The van der Waals surface area contributed by atoms with E-state index in [1.54, 1.807) is 6.33 Å². The Morgan fingerprint density at radius 3 is 2.94 bits per heavy atom. The molecule has 5 heteroatoms. The smallest absolute Gasteiger partial charge is 0.221 e. The summed E-state index contributed by atoms with van der Waals surface area (Å²) in [5, 5.41) is 6.22. The molecule has 1 atom stereocenters. The van der Waals surface area contributed by atoms with Crippen LogP contribution in [0.1, 0.15) is 39.3 Å². The van der Waals surface area contributed by atoms with E-state index < -0.39 is 0 Å². The number of amides is 1. The summed E-state index contributed by atoms with van der Waals surface area (Å²) in [6.07, 6.45) is 5.08. The van der Waals surface area contributed by atoms with Crippen LogP contribution in [0.4, 0.5) is 0 Å². The first kappa shape index (κ1) is 14.7. The molecule has 1 aromatic heterocycles. The molecule has 0 bridgehead atoms. The number of nitrogens with zero attached hydrogens (tertiary/aromatic N) is 2. The highest BCUT2D eigenvalue weighted by Crippen LogP contribution is 2.01. The van der Waals surface area contributed by atoms with Crippen LogP contribution in [-0.4, -0.2) is 28.0 Å². The molecule has 5 nitrogen and oxygen atoms in total.